The Morgan fingerprint density at radius 3 is 2.67 bits per heavy atom. The van der Waals surface area contributed by atoms with Crippen LogP contribution in [-0.2, 0) is 4.79 Å². The number of ketones is 1. The first-order valence-electron chi connectivity index (χ1n) is 5.51. The fourth-order valence-corrected chi connectivity index (χ4v) is 2.61. The molecule has 0 N–H and O–H groups in total. The van der Waals surface area contributed by atoms with E-state index in [1.807, 2.05) is 13.8 Å². The van der Waals surface area contributed by atoms with Gasteiger partial charge in [-0.15, -0.1) is 11.6 Å². The van der Waals surface area contributed by atoms with Crippen molar-refractivity contribution in [1.82, 2.24) is 0 Å². The fraction of sp³-hybridized carbons (Fsp3) is 0.833. The maximum atomic E-state index is 12.2. The minimum Gasteiger partial charge on any atom is -0.297 e. The lowest BCUT2D eigenvalue weighted by atomic mass is 9.61. The summed E-state index contributed by atoms with van der Waals surface area (Å²) in [6.45, 7) is 3.89. The average molecular weight is 228 g/mol. The zero-order valence-electron chi connectivity index (χ0n) is 9.48. The minimum atomic E-state index is -0.753. The summed E-state index contributed by atoms with van der Waals surface area (Å²) >= 11 is 5.64. The molecule has 1 atom stereocenters. The van der Waals surface area contributed by atoms with Crippen LogP contribution in [-0.4, -0.2) is 11.7 Å². The SMILES string of the molecule is CC1(C)CCCC(C#N)(CCCCl)C1=O. The number of nitriles is 1. The van der Waals surface area contributed by atoms with Crippen LogP contribution in [0.3, 0.4) is 0 Å². The van der Waals surface area contributed by atoms with Gasteiger partial charge in [-0.25, -0.2) is 0 Å². The molecular formula is C12H18ClNO. The molecule has 2 nitrogen and oxygen atoms in total. The molecule has 0 aromatic carbocycles. The van der Waals surface area contributed by atoms with E-state index in [-0.39, 0.29) is 11.2 Å². The Bertz CT molecular complexity index is 292. The van der Waals surface area contributed by atoms with Gasteiger partial charge in [0.05, 0.1) is 6.07 Å². The molecule has 84 valence electrons. The molecule has 0 bridgehead atoms. The summed E-state index contributed by atoms with van der Waals surface area (Å²) in [4.78, 5) is 12.2. The Kier molecular flexibility index (Phi) is 3.78. The number of hydrogen-bond donors (Lipinski definition) is 0. The highest BCUT2D eigenvalue weighted by Gasteiger charge is 2.48. The van der Waals surface area contributed by atoms with Crippen molar-refractivity contribution >= 4 is 17.4 Å². The van der Waals surface area contributed by atoms with E-state index in [4.69, 9.17) is 11.6 Å². The van der Waals surface area contributed by atoms with E-state index in [0.717, 1.165) is 19.3 Å². The third-order valence-electron chi connectivity index (χ3n) is 3.41. The molecule has 1 aliphatic carbocycles. The first kappa shape index (κ1) is 12.5. The van der Waals surface area contributed by atoms with Crippen LogP contribution in [0.4, 0.5) is 0 Å². The van der Waals surface area contributed by atoms with E-state index in [1.165, 1.54) is 0 Å². The van der Waals surface area contributed by atoms with Crippen LogP contribution in [0.5, 0.6) is 0 Å². The van der Waals surface area contributed by atoms with E-state index in [2.05, 4.69) is 6.07 Å². The van der Waals surface area contributed by atoms with E-state index in [1.54, 1.807) is 0 Å². The van der Waals surface area contributed by atoms with Gasteiger partial charge in [0.25, 0.3) is 0 Å². The molecule has 1 saturated carbocycles. The topological polar surface area (TPSA) is 40.9 Å². The molecule has 0 aromatic rings. The van der Waals surface area contributed by atoms with Crippen molar-refractivity contribution in [2.45, 2.75) is 46.0 Å². The van der Waals surface area contributed by atoms with Crippen molar-refractivity contribution in [3.05, 3.63) is 0 Å². The van der Waals surface area contributed by atoms with Gasteiger partial charge in [0.1, 0.15) is 5.41 Å². The van der Waals surface area contributed by atoms with E-state index in [9.17, 15) is 10.1 Å². The number of alkyl halides is 1. The van der Waals surface area contributed by atoms with Crippen molar-refractivity contribution in [1.29, 1.82) is 5.26 Å². The number of halogens is 1. The molecule has 1 rings (SSSR count). The second kappa shape index (κ2) is 4.53. The van der Waals surface area contributed by atoms with Gasteiger partial charge in [-0.1, -0.05) is 20.3 Å². The van der Waals surface area contributed by atoms with Gasteiger partial charge >= 0.3 is 0 Å². The highest BCUT2D eigenvalue weighted by molar-refractivity contribution is 6.17. The lowest BCUT2D eigenvalue weighted by Gasteiger charge is -2.38. The second-order valence-electron chi connectivity index (χ2n) is 5.05. The molecule has 0 saturated heterocycles. The number of nitrogens with zero attached hydrogens (tertiary/aromatic N) is 1. The second-order valence-corrected chi connectivity index (χ2v) is 5.43. The zero-order valence-corrected chi connectivity index (χ0v) is 10.2. The smallest absolute Gasteiger partial charge is 0.158 e. The Morgan fingerprint density at radius 1 is 1.47 bits per heavy atom. The molecule has 1 fully saturated rings. The molecule has 3 heteroatoms. The van der Waals surface area contributed by atoms with Gasteiger partial charge in [0, 0.05) is 11.3 Å². The Morgan fingerprint density at radius 2 is 2.13 bits per heavy atom. The van der Waals surface area contributed by atoms with Gasteiger partial charge in [-0.2, -0.15) is 5.26 Å². The maximum absolute atomic E-state index is 12.2. The summed E-state index contributed by atoms with van der Waals surface area (Å²) in [5.41, 5.74) is -1.09. The molecule has 15 heavy (non-hydrogen) atoms. The van der Waals surface area contributed by atoms with Gasteiger partial charge in [0.15, 0.2) is 5.78 Å². The van der Waals surface area contributed by atoms with Gasteiger partial charge in [0.2, 0.25) is 0 Å². The largest absolute Gasteiger partial charge is 0.297 e. The Labute approximate surface area is 96.6 Å². The summed E-state index contributed by atoms with van der Waals surface area (Å²) in [7, 11) is 0. The number of carbonyl (C=O) groups is 1. The Balaban J connectivity index is 2.89. The van der Waals surface area contributed by atoms with Crippen LogP contribution in [0.15, 0.2) is 0 Å². The highest BCUT2D eigenvalue weighted by atomic mass is 35.5. The van der Waals surface area contributed by atoms with Crippen LogP contribution in [0.25, 0.3) is 0 Å². The van der Waals surface area contributed by atoms with E-state index < -0.39 is 5.41 Å². The van der Waals surface area contributed by atoms with Crippen molar-refractivity contribution in [3.8, 4) is 6.07 Å². The Hall–Kier alpha value is -0.550. The van der Waals surface area contributed by atoms with Crippen LogP contribution >= 0.6 is 11.6 Å². The summed E-state index contributed by atoms with van der Waals surface area (Å²) in [5.74, 6) is 0.644. The zero-order chi connectivity index (χ0) is 11.5. The first-order valence-corrected chi connectivity index (χ1v) is 6.04. The third-order valence-corrected chi connectivity index (χ3v) is 3.67. The van der Waals surface area contributed by atoms with Gasteiger partial charge in [-0.05, 0) is 25.7 Å². The maximum Gasteiger partial charge on any atom is 0.158 e. The fourth-order valence-electron chi connectivity index (χ4n) is 2.48. The number of rotatable bonds is 3. The summed E-state index contributed by atoms with van der Waals surface area (Å²) in [5, 5.41) is 9.26. The van der Waals surface area contributed by atoms with E-state index >= 15 is 0 Å². The predicted molar refractivity (Wildman–Crippen MR) is 60.6 cm³/mol. The summed E-state index contributed by atoms with van der Waals surface area (Å²) in [6, 6.07) is 2.25. The standard InChI is InChI=1S/C12H18ClNO/c1-11(2)5-3-6-12(9-14,10(11)15)7-4-8-13/h3-8H2,1-2H3. The van der Waals surface area contributed by atoms with Gasteiger partial charge < -0.3 is 0 Å². The van der Waals surface area contributed by atoms with Gasteiger partial charge in [-0.3, -0.25) is 4.79 Å². The molecule has 0 aromatic heterocycles. The number of hydrogen-bond acceptors (Lipinski definition) is 2. The van der Waals surface area contributed by atoms with Crippen molar-refractivity contribution in [3.63, 3.8) is 0 Å². The van der Waals surface area contributed by atoms with Crippen LogP contribution in [0.2, 0.25) is 0 Å². The van der Waals surface area contributed by atoms with Crippen molar-refractivity contribution < 1.29 is 4.79 Å². The monoisotopic (exact) mass is 227 g/mol. The minimum absolute atomic E-state index is 0.119. The normalized spacial score (nSPS) is 29.9. The highest BCUT2D eigenvalue weighted by Crippen LogP contribution is 2.45. The summed E-state index contributed by atoms with van der Waals surface area (Å²) in [6.07, 6.45) is 3.94. The molecule has 1 unspecified atom stereocenters. The quantitative estimate of drug-likeness (QED) is 0.695. The first-order chi connectivity index (χ1) is 6.98. The van der Waals surface area contributed by atoms with E-state index in [0.29, 0.717) is 18.7 Å². The molecule has 0 radical (unpaired) electrons. The lowest BCUT2D eigenvalue weighted by molar-refractivity contribution is -0.138. The molecule has 0 heterocycles. The molecule has 0 amide bonds. The number of carbonyl (C=O) groups excluding carboxylic acids is 1. The van der Waals surface area contributed by atoms with Crippen LogP contribution in [0, 0.1) is 22.2 Å². The average Bonchev–Trinajstić information content (AvgIpc) is 2.21. The van der Waals surface area contributed by atoms with Crippen molar-refractivity contribution in [2.24, 2.45) is 10.8 Å². The number of Topliss-reactive ketones (excluding diaryl/α,β-unsaturated/α-hetero) is 1. The third kappa shape index (κ3) is 2.34. The van der Waals surface area contributed by atoms with Crippen LogP contribution < -0.4 is 0 Å². The van der Waals surface area contributed by atoms with Crippen LogP contribution in [0.1, 0.15) is 46.0 Å². The summed E-state index contributed by atoms with van der Waals surface area (Å²) < 4.78 is 0. The van der Waals surface area contributed by atoms with Crippen molar-refractivity contribution in [2.75, 3.05) is 5.88 Å². The predicted octanol–water partition coefficient (Wildman–Crippen LogP) is 3.29. The molecule has 1 aliphatic rings. The molecule has 0 spiro atoms. The molecule has 0 aliphatic heterocycles. The lowest BCUT2D eigenvalue weighted by Crippen LogP contribution is -2.43. The molecular weight excluding hydrogens is 210 g/mol.